The van der Waals surface area contributed by atoms with Crippen molar-refractivity contribution in [1.82, 2.24) is 0 Å². The van der Waals surface area contributed by atoms with Crippen molar-refractivity contribution in [1.29, 1.82) is 0 Å². The third kappa shape index (κ3) is 12.4. The van der Waals surface area contributed by atoms with Crippen molar-refractivity contribution in [2.45, 2.75) is 53.6 Å². The normalized spacial score (nSPS) is 11.9. The molecule has 0 N–H and O–H groups in total. The van der Waals surface area contributed by atoms with Gasteiger partial charge in [0.05, 0.1) is 0 Å². The van der Waals surface area contributed by atoms with Gasteiger partial charge < -0.3 is 10.9 Å². The van der Waals surface area contributed by atoms with E-state index in [1.165, 1.54) is 0 Å². The average molecular weight is 268 g/mol. The van der Waals surface area contributed by atoms with Gasteiger partial charge in [-0.05, 0) is 18.8 Å². The van der Waals surface area contributed by atoms with Crippen LogP contribution in [0.15, 0.2) is 0 Å². The summed E-state index contributed by atoms with van der Waals surface area (Å²) in [7, 11) is 0. The van der Waals surface area contributed by atoms with Crippen LogP contribution >= 0.6 is 0 Å². The van der Waals surface area contributed by atoms with Crippen LogP contribution in [0.5, 0.6) is 0 Å². The molecule has 0 heterocycles. The van der Waals surface area contributed by atoms with E-state index in [0.717, 1.165) is 0 Å². The Kier molecular flexibility index (Phi) is 12.2. The van der Waals surface area contributed by atoms with Crippen LogP contribution in [-0.2, 0) is 19.1 Å². The quantitative estimate of drug-likeness (QED) is 0.469. The molecular weight excluding hydrogens is 243 g/mol. The first-order valence-corrected chi connectivity index (χ1v) is 6.16. The summed E-state index contributed by atoms with van der Waals surface area (Å²) in [6.45, 7) is 9.67. The van der Waals surface area contributed by atoms with E-state index in [4.69, 9.17) is 9.47 Å². The second-order valence-corrected chi connectivity index (χ2v) is 5.18. The molecule has 0 spiro atoms. The Bertz CT molecular complexity index is 257. The molecule has 0 saturated carbocycles. The number of hydrogen-bond acceptors (Lipinski definition) is 4. The largest absolute Gasteiger partial charge is 1.00 e. The molecule has 4 nitrogen and oxygen atoms in total. The zero-order chi connectivity index (χ0) is 13.4. The molecule has 0 aliphatic carbocycles. The third-order valence-corrected chi connectivity index (χ3v) is 1.96. The molecule has 0 bridgehead atoms. The van der Waals surface area contributed by atoms with Crippen molar-refractivity contribution < 1.29 is 50.0 Å². The smallest absolute Gasteiger partial charge is 1.00 e. The number of carbonyl (C=O) groups is 2. The first-order chi connectivity index (χ1) is 7.81. The summed E-state index contributed by atoms with van der Waals surface area (Å²) in [5.74, 6) is 0.0682. The molecule has 0 aromatic carbocycles. The van der Waals surface area contributed by atoms with Gasteiger partial charge in [0.25, 0.3) is 0 Å². The summed E-state index contributed by atoms with van der Waals surface area (Å²) in [4.78, 5) is 22.6. The van der Waals surface area contributed by atoms with Crippen LogP contribution in [0.2, 0.25) is 0 Å². The third-order valence-electron chi connectivity index (χ3n) is 1.96. The second kappa shape index (κ2) is 10.8. The molecule has 0 radical (unpaired) electrons. The minimum atomic E-state index is -0.377. The molecule has 0 fully saturated rings. The van der Waals surface area contributed by atoms with Crippen molar-refractivity contribution in [3.63, 3.8) is 0 Å². The molecule has 1 atom stereocenters. The Morgan fingerprint density at radius 1 is 0.944 bits per heavy atom. The maximum atomic E-state index is 11.3. The number of rotatable bonds is 7. The Balaban J connectivity index is -0.00000128. The summed E-state index contributed by atoms with van der Waals surface area (Å²) in [6, 6.07) is 0. The molecule has 0 aromatic rings. The van der Waals surface area contributed by atoms with E-state index in [2.05, 4.69) is 0 Å². The molecule has 0 aliphatic heterocycles. The summed E-state index contributed by atoms with van der Waals surface area (Å²) in [5, 5.41) is 0. The summed E-state index contributed by atoms with van der Waals surface area (Å²) < 4.78 is 10.1. The predicted octanol–water partition coefficient (Wildman–Crippen LogP) is -0.330. The predicted molar refractivity (Wildman–Crippen MR) is 66.5 cm³/mol. The van der Waals surface area contributed by atoms with Gasteiger partial charge in [0.15, 0.2) is 0 Å². The van der Waals surface area contributed by atoms with E-state index in [1.807, 2.05) is 27.7 Å². The Morgan fingerprint density at radius 2 is 1.39 bits per heavy atom. The minimum Gasteiger partial charge on any atom is -1.00 e. The monoisotopic (exact) mass is 268 g/mol. The molecular formula is C13H25NaO4. The zero-order valence-electron chi connectivity index (χ0n) is 13.5. The van der Waals surface area contributed by atoms with Gasteiger partial charge in [-0.15, -0.1) is 0 Å². The zero-order valence-corrected chi connectivity index (χ0v) is 14.5. The van der Waals surface area contributed by atoms with E-state index in [9.17, 15) is 9.59 Å². The van der Waals surface area contributed by atoms with E-state index < -0.39 is 0 Å². The van der Waals surface area contributed by atoms with Crippen molar-refractivity contribution >= 4 is 11.9 Å². The molecule has 0 amide bonds. The van der Waals surface area contributed by atoms with Crippen molar-refractivity contribution in [3.8, 4) is 0 Å². The van der Waals surface area contributed by atoms with Crippen molar-refractivity contribution in [2.75, 3.05) is 6.61 Å². The maximum absolute atomic E-state index is 11.3. The van der Waals surface area contributed by atoms with E-state index >= 15 is 0 Å². The number of carbonyl (C=O) groups excluding carboxylic acids is 2. The molecule has 5 heteroatoms. The van der Waals surface area contributed by atoms with Crippen LogP contribution < -0.4 is 29.6 Å². The van der Waals surface area contributed by atoms with Gasteiger partial charge in [0, 0.05) is 12.8 Å². The van der Waals surface area contributed by atoms with Gasteiger partial charge >= 0.3 is 41.5 Å². The minimum absolute atomic E-state index is 0. The fourth-order valence-corrected chi connectivity index (χ4v) is 1.24. The van der Waals surface area contributed by atoms with E-state index in [-0.39, 0.29) is 67.5 Å². The summed E-state index contributed by atoms with van der Waals surface area (Å²) in [6.07, 6.45) is 0.411. The molecule has 0 aromatic heterocycles. The van der Waals surface area contributed by atoms with Gasteiger partial charge in [-0.1, -0.05) is 27.7 Å². The van der Waals surface area contributed by atoms with E-state index in [0.29, 0.717) is 12.8 Å². The van der Waals surface area contributed by atoms with Crippen LogP contribution in [0.3, 0.4) is 0 Å². The van der Waals surface area contributed by atoms with Crippen LogP contribution in [0, 0.1) is 11.8 Å². The fraction of sp³-hybridized carbons (Fsp3) is 0.846. The molecule has 1 unspecified atom stereocenters. The molecule has 0 aliphatic rings. The molecule has 0 saturated heterocycles. The second-order valence-electron chi connectivity index (χ2n) is 5.18. The first-order valence-electron chi connectivity index (χ1n) is 6.16. The van der Waals surface area contributed by atoms with Gasteiger partial charge in [-0.3, -0.25) is 9.59 Å². The molecule has 102 valence electrons. The van der Waals surface area contributed by atoms with Gasteiger partial charge in [-0.2, -0.15) is 0 Å². The number of hydrogen-bond donors (Lipinski definition) is 0. The Morgan fingerprint density at radius 3 is 1.83 bits per heavy atom. The van der Waals surface area contributed by atoms with Crippen molar-refractivity contribution in [2.24, 2.45) is 11.8 Å². The molecule has 18 heavy (non-hydrogen) atoms. The summed E-state index contributed by atoms with van der Waals surface area (Å²) in [5.41, 5.74) is 0. The van der Waals surface area contributed by atoms with Crippen LogP contribution in [0.1, 0.15) is 48.9 Å². The number of ether oxygens (including phenoxy) is 2. The van der Waals surface area contributed by atoms with Crippen LogP contribution in [0.25, 0.3) is 0 Å². The van der Waals surface area contributed by atoms with Crippen LogP contribution in [-0.4, -0.2) is 24.6 Å². The van der Waals surface area contributed by atoms with Gasteiger partial charge in [-0.25, -0.2) is 0 Å². The average Bonchev–Trinajstić information content (AvgIpc) is 2.12. The summed E-state index contributed by atoms with van der Waals surface area (Å²) >= 11 is 0. The first kappa shape index (κ1) is 20.3. The van der Waals surface area contributed by atoms with Crippen molar-refractivity contribution in [3.05, 3.63) is 0 Å². The Hall–Kier alpha value is -0.0600. The van der Waals surface area contributed by atoms with Crippen LogP contribution in [0.4, 0.5) is 0 Å². The molecule has 0 rings (SSSR count). The Labute approximate surface area is 134 Å². The SMILES string of the molecule is CC(C)CC(=O)OCC(C)OC(=O)CC(C)C.[H-].[Na+]. The fourth-order valence-electron chi connectivity index (χ4n) is 1.24. The van der Waals surface area contributed by atoms with E-state index in [1.54, 1.807) is 6.92 Å². The topological polar surface area (TPSA) is 52.6 Å². The maximum Gasteiger partial charge on any atom is 1.00 e. The van der Waals surface area contributed by atoms with Gasteiger partial charge in [0.2, 0.25) is 0 Å². The standard InChI is InChI=1S/C13H24O4.Na.H/c1-9(2)6-12(14)16-8-11(5)17-13(15)7-10(3)4;;/h9-11H,6-8H2,1-5H3;;/q;+1;-1. The van der Waals surface area contributed by atoms with Gasteiger partial charge in [0.1, 0.15) is 12.7 Å². The number of esters is 2.